The second-order valence-electron chi connectivity index (χ2n) is 3.15. The summed E-state index contributed by atoms with van der Waals surface area (Å²) in [6.07, 6.45) is 1.92. The summed E-state index contributed by atoms with van der Waals surface area (Å²) in [7, 11) is 0. The van der Waals surface area contributed by atoms with Crippen molar-refractivity contribution in [2.75, 3.05) is 19.8 Å². The van der Waals surface area contributed by atoms with E-state index in [9.17, 15) is 4.39 Å². The lowest BCUT2D eigenvalue weighted by atomic mass is 9.96. The predicted molar refractivity (Wildman–Crippen MR) is 42.1 cm³/mol. The van der Waals surface area contributed by atoms with Crippen molar-refractivity contribution in [2.45, 2.75) is 25.4 Å². The molecule has 1 aliphatic rings. The van der Waals surface area contributed by atoms with Gasteiger partial charge in [-0.2, -0.15) is 0 Å². The summed E-state index contributed by atoms with van der Waals surface area (Å²) in [5, 5.41) is 0. The molecule has 0 saturated carbocycles. The van der Waals surface area contributed by atoms with E-state index in [1.165, 1.54) is 0 Å². The summed E-state index contributed by atoms with van der Waals surface area (Å²) in [6.45, 7) is 1.72. The zero-order valence-corrected chi connectivity index (χ0v) is 6.76. The fourth-order valence-electron chi connectivity index (χ4n) is 1.45. The van der Waals surface area contributed by atoms with Crippen LogP contribution in [0.3, 0.4) is 0 Å². The highest BCUT2D eigenvalue weighted by atomic mass is 19.1. The molecule has 0 aromatic carbocycles. The van der Waals surface area contributed by atoms with Gasteiger partial charge >= 0.3 is 0 Å². The fraction of sp³-hybridized carbons (Fsp3) is 1.00. The molecule has 0 aliphatic carbocycles. The average Bonchev–Trinajstić information content (AvgIpc) is 2.06. The van der Waals surface area contributed by atoms with Crippen LogP contribution in [-0.2, 0) is 4.74 Å². The zero-order chi connectivity index (χ0) is 8.10. The van der Waals surface area contributed by atoms with E-state index in [1.807, 2.05) is 0 Å². The van der Waals surface area contributed by atoms with E-state index >= 15 is 0 Å². The molecule has 0 amide bonds. The molecular weight excluding hydrogens is 145 g/mol. The highest BCUT2D eigenvalue weighted by molar-refractivity contribution is 4.68. The van der Waals surface area contributed by atoms with Crippen LogP contribution in [0, 0.1) is 5.92 Å². The molecule has 11 heavy (non-hydrogen) atoms. The van der Waals surface area contributed by atoms with Gasteiger partial charge in [0.1, 0.15) is 6.17 Å². The van der Waals surface area contributed by atoms with Crippen LogP contribution in [0.4, 0.5) is 4.39 Å². The van der Waals surface area contributed by atoms with E-state index in [0.29, 0.717) is 12.3 Å². The lowest BCUT2D eigenvalue weighted by Gasteiger charge is -2.22. The van der Waals surface area contributed by atoms with E-state index in [4.69, 9.17) is 10.5 Å². The number of ether oxygens (including phenoxy) is 1. The number of hydrogen-bond acceptors (Lipinski definition) is 2. The SMILES string of the molecule is NC[C@@H](F)C[C@H]1CCCOC1. The van der Waals surface area contributed by atoms with Gasteiger partial charge in [-0.3, -0.25) is 0 Å². The van der Waals surface area contributed by atoms with Crippen molar-refractivity contribution < 1.29 is 9.13 Å². The Labute approximate surface area is 66.9 Å². The van der Waals surface area contributed by atoms with Gasteiger partial charge in [0.15, 0.2) is 0 Å². The Kier molecular flexibility index (Phi) is 3.80. The molecule has 3 heteroatoms. The van der Waals surface area contributed by atoms with Crippen molar-refractivity contribution in [3.63, 3.8) is 0 Å². The second-order valence-corrected chi connectivity index (χ2v) is 3.15. The molecule has 0 unspecified atom stereocenters. The molecule has 0 aromatic rings. The Morgan fingerprint density at radius 2 is 2.45 bits per heavy atom. The number of halogens is 1. The van der Waals surface area contributed by atoms with Crippen LogP contribution in [0.5, 0.6) is 0 Å². The first-order chi connectivity index (χ1) is 5.33. The van der Waals surface area contributed by atoms with Gasteiger partial charge in [-0.15, -0.1) is 0 Å². The van der Waals surface area contributed by atoms with Crippen LogP contribution >= 0.6 is 0 Å². The van der Waals surface area contributed by atoms with E-state index < -0.39 is 6.17 Å². The molecule has 2 N–H and O–H groups in total. The van der Waals surface area contributed by atoms with Gasteiger partial charge in [0.2, 0.25) is 0 Å². The Bertz CT molecular complexity index is 104. The Morgan fingerprint density at radius 3 is 3.00 bits per heavy atom. The second kappa shape index (κ2) is 4.67. The number of alkyl halides is 1. The maximum Gasteiger partial charge on any atom is 0.113 e. The van der Waals surface area contributed by atoms with Gasteiger partial charge in [0.25, 0.3) is 0 Å². The first-order valence-electron chi connectivity index (χ1n) is 4.25. The van der Waals surface area contributed by atoms with Crippen LogP contribution in [0.15, 0.2) is 0 Å². The van der Waals surface area contributed by atoms with Crippen LogP contribution in [-0.4, -0.2) is 25.9 Å². The summed E-state index contributed by atoms with van der Waals surface area (Å²) < 4.78 is 18.0. The van der Waals surface area contributed by atoms with Crippen LogP contribution in [0.1, 0.15) is 19.3 Å². The van der Waals surface area contributed by atoms with Gasteiger partial charge in [-0.25, -0.2) is 4.39 Å². The number of nitrogens with two attached hydrogens (primary N) is 1. The Hall–Kier alpha value is -0.150. The average molecular weight is 161 g/mol. The molecule has 1 rings (SSSR count). The van der Waals surface area contributed by atoms with Gasteiger partial charge in [0, 0.05) is 19.8 Å². The minimum absolute atomic E-state index is 0.149. The summed E-state index contributed by atoms with van der Waals surface area (Å²) in [5.74, 6) is 0.405. The maximum atomic E-state index is 12.7. The lowest BCUT2D eigenvalue weighted by molar-refractivity contribution is 0.0423. The van der Waals surface area contributed by atoms with Crippen molar-refractivity contribution in [1.82, 2.24) is 0 Å². The van der Waals surface area contributed by atoms with E-state index in [0.717, 1.165) is 26.1 Å². The van der Waals surface area contributed by atoms with Crippen LogP contribution in [0.2, 0.25) is 0 Å². The predicted octanol–water partition coefficient (Wildman–Crippen LogP) is 1.10. The maximum absolute atomic E-state index is 12.7. The third kappa shape index (κ3) is 3.16. The van der Waals surface area contributed by atoms with Gasteiger partial charge in [-0.05, 0) is 25.2 Å². The van der Waals surface area contributed by atoms with Gasteiger partial charge in [0.05, 0.1) is 0 Å². The Balaban J connectivity index is 2.13. The van der Waals surface area contributed by atoms with Gasteiger partial charge in [-0.1, -0.05) is 0 Å². The van der Waals surface area contributed by atoms with Crippen molar-refractivity contribution in [3.8, 4) is 0 Å². The molecule has 0 radical (unpaired) electrons. The molecule has 1 fully saturated rings. The lowest BCUT2D eigenvalue weighted by Crippen LogP contribution is -2.24. The number of hydrogen-bond donors (Lipinski definition) is 1. The van der Waals surface area contributed by atoms with Crippen molar-refractivity contribution in [2.24, 2.45) is 11.7 Å². The third-order valence-electron chi connectivity index (χ3n) is 2.10. The minimum Gasteiger partial charge on any atom is -0.381 e. The molecule has 1 aliphatic heterocycles. The highest BCUT2D eigenvalue weighted by Gasteiger charge is 2.17. The van der Waals surface area contributed by atoms with Crippen LogP contribution in [0.25, 0.3) is 0 Å². The van der Waals surface area contributed by atoms with Crippen molar-refractivity contribution >= 4 is 0 Å². The van der Waals surface area contributed by atoms with E-state index in [1.54, 1.807) is 0 Å². The summed E-state index contributed by atoms with van der Waals surface area (Å²) in [6, 6.07) is 0. The molecule has 0 spiro atoms. The smallest absolute Gasteiger partial charge is 0.113 e. The molecule has 2 atom stereocenters. The molecule has 1 saturated heterocycles. The standard InChI is InChI=1S/C8H16FNO/c9-8(5-10)4-7-2-1-3-11-6-7/h7-8H,1-6,10H2/t7-,8+/m1/s1. The van der Waals surface area contributed by atoms with Crippen LogP contribution < -0.4 is 5.73 Å². The molecular formula is C8H16FNO. The molecule has 2 nitrogen and oxygen atoms in total. The van der Waals surface area contributed by atoms with E-state index in [2.05, 4.69) is 0 Å². The topological polar surface area (TPSA) is 35.2 Å². The normalized spacial score (nSPS) is 28.4. The Morgan fingerprint density at radius 1 is 1.64 bits per heavy atom. The van der Waals surface area contributed by atoms with Gasteiger partial charge < -0.3 is 10.5 Å². The monoisotopic (exact) mass is 161 g/mol. The first-order valence-corrected chi connectivity index (χ1v) is 4.25. The minimum atomic E-state index is -0.832. The largest absolute Gasteiger partial charge is 0.381 e. The first kappa shape index (κ1) is 8.94. The molecule has 1 heterocycles. The zero-order valence-electron chi connectivity index (χ0n) is 6.76. The quantitative estimate of drug-likeness (QED) is 0.672. The number of rotatable bonds is 3. The fourth-order valence-corrected chi connectivity index (χ4v) is 1.45. The molecule has 0 bridgehead atoms. The summed E-state index contributed by atoms with van der Waals surface area (Å²) in [4.78, 5) is 0. The molecule has 0 aromatic heterocycles. The van der Waals surface area contributed by atoms with Crippen molar-refractivity contribution in [1.29, 1.82) is 0 Å². The summed E-state index contributed by atoms with van der Waals surface area (Å²) >= 11 is 0. The summed E-state index contributed by atoms with van der Waals surface area (Å²) in [5.41, 5.74) is 5.17. The molecule has 66 valence electrons. The van der Waals surface area contributed by atoms with Crippen molar-refractivity contribution in [3.05, 3.63) is 0 Å². The highest BCUT2D eigenvalue weighted by Crippen LogP contribution is 2.19. The van der Waals surface area contributed by atoms with E-state index in [-0.39, 0.29) is 6.54 Å². The third-order valence-corrected chi connectivity index (χ3v) is 2.10.